The van der Waals surface area contributed by atoms with Crippen LogP contribution in [0.15, 0.2) is 108 Å². The second-order valence-corrected chi connectivity index (χ2v) is 13.0. The van der Waals surface area contributed by atoms with Crippen LogP contribution in [-0.2, 0) is 31.9 Å². The first-order valence-electron chi connectivity index (χ1n) is 18.4. The first-order valence-corrected chi connectivity index (χ1v) is 18.4. The number of carboxylic acid groups (broad SMARTS) is 2. The molecule has 0 unspecified atom stereocenters. The minimum absolute atomic E-state index is 0.0617. The third-order valence-corrected chi connectivity index (χ3v) is 8.88. The van der Waals surface area contributed by atoms with E-state index in [-0.39, 0.29) is 18.6 Å². The summed E-state index contributed by atoms with van der Waals surface area (Å²) in [5.74, 6) is 11.9. The summed E-state index contributed by atoms with van der Waals surface area (Å²) in [6.07, 6.45) is 2.55. The van der Waals surface area contributed by atoms with Gasteiger partial charge < -0.3 is 29.2 Å². The van der Waals surface area contributed by atoms with Gasteiger partial charge >= 0.3 is 11.9 Å². The van der Waals surface area contributed by atoms with Crippen molar-refractivity contribution < 1.29 is 43.5 Å². The molecule has 0 heterocycles. The minimum Gasteiger partial charge on any atom is -0.490 e. The number of allylic oxidation sites excluding steroid dienone is 2. The number of ketones is 1. The molecule has 1 aliphatic carbocycles. The summed E-state index contributed by atoms with van der Waals surface area (Å²) in [6, 6.07) is 25.9. The Morgan fingerprint density at radius 3 is 1.36 bits per heavy atom. The Bertz CT molecular complexity index is 2080. The van der Waals surface area contributed by atoms with Crippen molar-refractivity contribution in [1.29, 1.82) is 0 Å². The van der Waals surface area contributed by atoms with Crippen molar-refractivity contribution in [3.8, 4) is 46.3 Å². The van der Waals surface area contributed by atoms with Gasteiger partial charge in [0.1, 0.15) is 24.7 Å². The van der Waals surface area contributed by atoms with Gasteiger partial charge in [-0.05, 0) is 122 Å². The summed E-state index contributed by atoms with van der Waals surface area (Å²) in [7, 11) is 0. The molecule has 0 amide bonds. The van der Waals surface area contributed by atoms with Crippen molar-refractivity contribution in [1.82, 2.24) is 0 Å². The highest BCUT2D eigenvalue weighted by Crippen LogP contribution is 2.37. The average molecular weight is 753 g/mol. The quantitative estimate of drug-likeness (QED) is 0.0974. The van der Waals surface area contributed by atoms with E-state index in [1.165, 1.54) is 0 Å². The fourth-order valence-corrected chi connectivity index (χ4v) is 5.91. The lowest BCUT2D eigenvalue weighted by Crippen LogP contribution is -2.26. The van der Waals surface area contributed by atoms with Gasteiger partial charge in [-0.3, -0.25) is 4.79 Å². The molecule has 286 valence electrons. The molecular formula is C47H44O9. The first-order chi connectivity index (χ1) is 27.0. The molecule has 2 atom stereocenters. The molecule has 0 fully saturated rings. The van der Waals surface area contributed by atoms with Gasteiger partial charge in [0.2, 0.25) is 0 Å². The molecule has 9 nitrogen and oxygen atoms in total. The third-order valence-electron chi connectivity index (χ3n) is 8.88. The van der Waals surface area contributed by atoms with E-state index < -0.39 is 24.1 Å². The number of carbonyl (C=O) groups excluding carboxylic acids is 1. The van der Waals surface area contributed by atoms with Gasteiger partial charge in [0.25, 0.3) is 0 Å². The first kappa shape index (κ1) is 40.8. The van der Waals surface area contributed by atoms with Crippen molar-refractivity contribution in [3.05, 3.63) is 142 Å². The third kappa shape index (κ3) is 11.3. The molecule has 4 aromatic carbocycles. The van der Waals surface area contributed by atoms with E-state index in [0.29, 0.717) is 49.1 Å². The summed E-state index contributed by atoms with van der Waals surface area (Å²) in [6.45, 7) is 8.61. The fraction of sp³-hybridized carbons (Fsp3) is 0.255. The molecule has 0 bridgehead atoms. The molecule has 5 rings (SSSR count). The topological polar surface area (TPSA) is 129 Å². The lowest BCUT2D eigenvalue weighted by atomic mass is 10.0. The number of carbonyl (C=O) groups is 3. The van der Waals surface area contributed by atoms with Crippen LogP contribution in [-0.4, -0.2) is 66.6 Å². The van der Waals surface area contributed by atoms with E-state index in [0.717, 1.165) is 44.5 Å². The Labute approximate surface area is 327 Å². The smallest absolute Gasteiger partial charge is 0.333 e. The van der Waals surface area contributed by atoms with Crippen LogP contribution >= 0.6 is 0 Å². The van der Waals surface area contributed by atoms with Gasteiger partial charge in [0.15, 0.2) is 18.0 Å². The van der Waals surface area contributed by atoms with Gasteiger partial charge in [0, 0.05) is 48.3 Å². The highest BCUT2D eigenvalue weighted by molar-refractivity contribution is 6.22. The average Bonchev–Trinajstić information content (AvgIpc) is 3.47. The number of carboxylic acids is 2. The lowest BCUT2D eigenvalue weighted by molar-refractivity contribution is -0.150. The molecule has 0 spiro atoms. The van der Waals surface area contributed by atoms with Crippen molar-refractivity contribution in [2.24, 2.45) is 0 Å². The molecule has 2 N–H and O–H groups in total. The van der Waals surface area contributed by atoms with Crippen LogP contribution in [0, 0.1) is 23.7 Å². The molecule has 0 saturated carbocycles. The van der Waals surface area contributed by atoms with Crippen LogP contribution in [0.1, 0.15) is 65.9 Å². The Hall–Kier alpha value is -6.39. The van der Waals surface area contributed by atoms with Crippen molar-refractivity contribution in [3.63, 3.8) is 0 Å². The largest absolute Gasteiger partial charge is 0.490 e. The van der Waals surface area contributed by atoms with Crippen LogP contribution in [0.3, 0.4) is 0 Å². The van der Waals surface area contributed by atoms with E-state index in [1.807, 2.05) is 86.7 Å². The van der Waals surface area contributed by atoms with Crippen LogP contribution in [0.2, 0.25) is 0 Å². The monoisotopic (exact) mass is 752 g/mol. The van der Waals surface area contributed by atoms with Gasteiger partial charge in [0.05, 0.1) is 0 Å². The molecule has 1 aliphatic rings. The SMILES string of the molecule is CCO[C@@H](Cc1ccc(OCC=C(C)C#Cc2ccc3c(c2)C(=O)c2cc(C#CC(C)=CCOc4ccc(C[C@H](OCC)C(=O)O)cc4)ccc2-3)cc1)C(=O)O. The van der Waals surface area contributed by atoms with Crippen LogP contribution in [0.25, 0.3) is 11.1 Å². The van der Waals surface area contributed by atoms with Gasteiger partial charge in [-0.15, -0.1) is 0 Å². The summed E-state index contributed by atoms with van der Waals surface area (Å²) >= 11 is 0. The maximum Gasteiger partial charge on any atom is 0.333 e. The zero-order chi connectivity index (χ0) is 40.0. The van der Waals surface area contributed by atoms with Gasteiger partial charge in [-0.2, -0.15) is 0 Å². The summed E-state index contributed by atoms with van der Waals surface area (Å²) in [5.41, 5.74) is 7.74. The number of hydrogen-bond donors (Lipinski definition) is 2. The Morgan fingerprint density at radius 2 is 1.00 bits per heavy atom. The molecule has 0 aromatic heterocycles. The van der Waals surface area contributed by atoms with E-state index in [2.05, 4.69) is 23.7 Å². The summed E-state index contributed by atoms with van der Waals surface area (Å²) in [5, 5.41) is 18.6. The Kier molecular flexibility index (Phi) is 14.4. The van der Waals surface area contributed by atoms with Crippen molar-refractivity contribution in [2.75, 3.05) is 26.4 Å². The normalized spacial score (nSPS) is 13.0. The molecule has 56 heavy (non-hydrogen) atoms. The van der Waals surface area contributed by atoms with E-state index in [9.17, 15) is 24.6 Å². The predicted octanol–water partition coefficient (Wildman–Crippen LogP) is 7.72. The molecular weight excluding hydrogens is 709 g/mol. The van der Waals surface area contributed by atoms with Crippen LogP contribution in [0.5, 0.6) is 11.5 Å². The summed E-state index contributed by atoms with van der Waals surface area (Å²) in [4.78, 5) is 36.2. The number of ether oxygens (including phenoxy) is 4. The highest BCUT2D eigenvalue weighted by atomic mass is 16.5. The second-order valence-electron chi connectivity index (χ2n) is 13.0. The van der Waals surface area contributed by atoms with Crippen molar-refractivity contribution >= 4 is 17.7 Å². The molecule has 0 saturated heterocycles. The summed E-state index contributed by atoms with van der Waals surface area (Å²) < 4.78 is 22.2. The number of rotatable bonds is 16. The molecule has 0 radical (unpaired) electrons. The Balaban J connectivity index is 1.13. The second kappa shape index (κ2) is 19.8. The Morgan fingerprint density at radius 1 is 0.607 bits per heavy atom. The number of aliphatic carboxylic acids is 2. The molecule has 4 aromatic rings. The van der Waals surface area contributed by atoms with Gasteiger partial charge in [-0.25, -0.2) is 9.59 Å². The number of benzene rings is 4. The van der Waals surface area contributed by atoms with Crippen molar-refractivity contribution in [2.45, 2.75) is 52.7 Å². The number of fused-ring (bicyclic) bond motifs is 3. The highest BCUT2D eigenvalue weighted by Gasteiger charge is 2.27. The van der Waals surface area contributed by atoms with Crippen LogP contribution < -0.4 is 9.47 Å². The van der Waals surface area contributed by atoms with Crippen LogP contribution in [0.4, 0.5) is 0 Å². The van der Waals surface area contributed by atoms with E-state index in [4.69, 9.17) is 18.9 Å². The number of hydrogen-bond acceptors (Lipinski definition) is 7. The lowest BCUT2D eigenvalue weighted by Gasteiger charge is -2.12. The van der Waals surface area contributed by atoms with E-state index in [1.54, 1.807) is 38.1 Å². The van der Waals surface area contributed by atoms with E-state index >= 15 is 0 Å². The molecule has 9 heteroatoms. The zero-order valence-electron chi connectivity index (χ0n) is 31.9. The maximum absolute atomic E-state index is 13.5. The van der Waals surface area contributed by atoms with Gasteiger partial charge in [-0.1, -0.05) is 60.1 Å². The minimum atomic E-state index is -0.985. The maximum atomic E-state index is 13.5. The zero-order valence-corrected chi connectivity index (χ0v) is 31.9. The standard InChI is InChI=1S/C47H44O9/c1-5-53-43(46(49)50)29-35-11-17-37(18-12-35)55-25-23-31(3)7-9-33-15-21-39-40-22-16-34(28-42(40)45(48)41(39)27-33)10-8-32(4)24-26-56-38-19-13-36(14-20-38)30-44(47(51)52)54-6-2/h11-24,27-28,43-44H,5-6,25-26,29-30H2,1-4H3,(H,49,50)(H,51,52)/t43-,44-/m0/s1. The fourth-order valence-electron chi connectivity index (χ4n) is 5.91. The predicted molar refractivity (Wildman–Crippen MR) is 214 cm³/mol. The molecule has 0 aliphatic heterocycles.